The second-order valence-corrected chi connectivity index (χ2v) is 9.47. The Bertz CT molecular complexity index is 1460. The summed E-state index contributed by atoms with van der Waals surface area (Å²) < 4.78 is 60.9. The second kappa shape index (κ2) is 9.97. The molecule has 0 atom stereocenters. The molecule has 1 aliphatic rings. The van der Waals surface area contributed by atoms with E-state index in [2.05, 4.69) is 15.3 Å². The van der Waals surface area contributed by atoms with Crippen molar-refractivity contribution < 1.29 is 27.5 Å². The number of halogens is 4. The van der Waals surface area contributed by atoms with Crippen LogP contribution < -0.4 is 5.32 Å². The minimum Gasteiger partial charge on any atom is -0.478 e. The predicted octanol–water partition coefficient (Wildman–Crippen LogP) is 6.88. The zero-order valence-electron chi connectivity index (χ0n) is 20.1. The van der Waals surface area contributed by atoms with E-state index in [4.69, 9.17) is 0 Å². The van der Waals surface area contributed by atoms with Gasteiger partial charge in [-0.1, -0.05) is 43.5 Å². The Morgan fingerprint density at radius 2 is 1.54 bits per heavy atom. The summed E-state index contributed by atoms with van der Waals surface area (Å²) in [6.07, 6.45) is 5.85. The van der Waals surface area contributed by atoms with Gasteiger partial charge in [-0.15, -0.1) is 0 Å². The first kappa shape index (κ1) is 25.0. The number of rotatable bonds is 6. The molecular formula is C28H25F4N3O2. The van der Waals surface area contributed by atoms with Crippen LogP contribution in [0.4, 0.5) is 17.6 Å². The molecule has 37 heavy (non-hydrogen) atoms. The van der Waals surface area contributed by atoms with Gasteiger partial charge in [0.1, 0.15) is 11.3 Å². The van der Waals surface area contributed by atoms with Crippen molar-refractivity contribution in [3.05, 3.63) is 76.6 Å². The summed E-state index contributed by atoms with van der Waals surface area (Å²) in [5.74, 6) is -7.34. The number of nitrogens with one attached hydrogen (secondary N) is 2. The molecule has 3 aromatic carbocycles. The van der Waals surface area contributed by atoms with Crippen LogP contribution in [-0.4, -0.2) is 27.1 Å². The minimum atomic E-state index is -1.61. The summed E-state index contributed by atoms with van der Waals surface area (Å²) in [6, 6.07) is 8.81. The number of nitrogens with zero attached hydrogens (tertiary/aromatic N) is 1. The van der Waals surface area contributed by atoms with Crippen LogP contribution in [0.1, 0.15) is 53.8 Å². The molecule has 192 valence electrons. The highest BCUT2D eigenvalue weighted by molar-refractivity contribution is 6.03. The molecule has 1 aromatic heterocycles. The van der Waals surface area contributed by atoms with Crippen LogP contribution >= 0.6 is 0 Å². The second-order valence-electron chi connectivity index (χ2n) is 9.47. The average molecular weight is 512 g/mol. The Labute approximate surface area is 210 Å². The molecule has 1 fully saturated rings. The largest absolute Gasteiger partial charge is 0.478 e. The quantitative estimate of drug-likeness (QED) is 0.195. The minimum absolute atomic E-state index is 0.00774. The summed E-state index contributed by atoms with van der Waals surface area (Å²) in [7, 11) is 0. The predicted molar refractivity (Wildman–Crippen MR) is 132 cm³/mol. The fraction of sp³-hybridized carbons (Fsp3) is 0.286. The standard InChI is InChI=1S/C28H25F4N3O2/c1-14-34-20-12-17(11-19(28(36)37)27(20)35-14)22-25(31)23(29)21(24(30)26(22)32)16-9-7-15(8-10-16)13-33-18-5-3-2-4-6-18/h7-12,18,33H,2-6,13H2,1H3,(H,34,35)(H,36,37). The van der Waals surface area contributed by atoms with E-state index in [0.717, 1.165) is 24.5 Å². The van der Waals surface area contributed by atoms with Gasteiger partial charge >= 0.3 is 5.97 Å². The molecule has 4 aromatic rings. The van der Waals surface area contributed by atoms with Crippen molar-refractivity contribution >= 4 is 17.0 Å². The molecule has 0 unspecified atom stereocenters. The van der Waals surface area contributed by atoms with Crippen molar-refractivity contribution in [1.29, 1.82) is 0 Å². The third kappa shape index (κ3) is 4.71. The smallest absolute Gasteiger partial charge is 0.337 e. The molecule has 0 aliphatic heterocycles. The maximum Gasteiger partial charge on any atom is 0.337 e. The van der Waals surface area contributed by atoms with Crippen LogP contribution in [0.5, 0.6) is 0 Å². The monoisotopic (exact) mass is 511 g/mol. The lowest BCUT2D eigenvalue weighted by Crippen LogP contribution is -2.30. The summed E-state index contributed by atoms with van der Waals surface area (Å²) in [5, 5.41) is 13.0. The highest BCUT2D eigenvalue weighted by Gasteiger charge is 2.28. The van der Waals surface area contributed by atoms with Crippen LogP contribution in [0.15, 0.2) is 36.4 Å². The van der Waals surface area contributed by atoms with E-state index >= 15 is 17.6 Å². The number of fused-ring (bicyclic) bond motifs is 1. The number of carboxylic acid groups (broad SMARTS) is 1. The van der Waals surface area contributed by atoms with Crippen molar-refractivity contribution in [2.45, 2.75) is 51.6 Å². The molecular weight excluding hydrogens is 486 g/mol. The SMILES string of the molecule is Cc1nc2c(C(=O)O)cc(-c3c(F)c(F)c(-c4ccc(CNC5CCCCC5)cc4)c(F)c3F)cc2[nH]1. The highest BCUT2D eigenvalue weighted by Crippen LogP contribution is 2.38. The van der Waals surface area contributed by atoms with E-state index in [-0.39, 0.29) is 27.7 Å². The van der Waals surface area contributed by atoms with Crippen molar-refractivity contribution in [2.24, 2.45) is 0 Å². The molecule has 0 bridgehead atoms. The lowest BCUT2D eigenvalue weighted by Gasteiger charge is -2.22. The summed E-state index contributed by atoms with van der Waals surface area (Å²) >= 11 is 0. The van der Waals surface area contributed by atoms with Crippen LogP contribution in [0.2, 0.25) is 0 Å². The van der Waals surface area contributed by atoms with Gasteiger partial charge in [-0.3, -0.25) is 0 Å². The van der Waals surface area contributed by atoms with Crippen molar-refractivity contribution in [2.75, 3.05) is 0 Å². The van der Waals surface area contributed by atoms with E-state index in [1.165, 1.54) is 37.5 Å². The van der Waals surface area contributed by atoms with Crippen molar-refractivity contribution in [3.8, 4) is 22.3 Å². The average Bonchev–Trinajstić information content (AvgIpc) is 3.27. The number of hydrogen-bond acceptors (Lipinski definition) is 3. The van der Waals surface area contributed by atoms with Gasteiger partial charge in [0, 0.05) is 12.6 Å². The fourth-order valence-corrected chi connectivity index (χ4v) is 5.04. The van der Waals surface area contributed by atoms with Crippen molar-refractivity contribution in [3.63, 3.8) is 0 Å². The summed E-state index contributed by atoms with van der Waals surface area (Å²) in [6.45, 7) is 2.16. The van der Waals surface area contributed by atoms with E-state index in [9.17, 15) is 9.90 Å². The van der Waals surface area contributed by atoms with E-state index in [0.29, 0.717) is 18.4 Å². The van der Waals surface area contributed by atoms with Crippen LogP contribution in [0, 0.1) is 30.2 Å². The third-order valence-electron chi connectivity index (χ3n) is 6.93. The summed E-state index contributed by atoms with van der Waals surface area (Å²) in [4.78, 5) is 18.6. The number of aromatic carboxylic acids is 1. The molecule has 1 aliphatic carbocycles. The molecule has 1 saturated carbocycles. The van der Waals surface area contributed by atoms with Crippen LogP contribution in [-0.2, 0) is 6.54 Å². The van der Waals surface area contributed by atoms with Gasteiger partial charge in [0.05, 0.1) is 22.2 Å². The van der Waals surface area contributed by atoms with Gasteiger partial charge < -0.3 is 15.4 Å². The lowest BCUT2D eigenvalue weighted by molar-refractivity contribution is 0.0699. The van der Waals surface area contributed by atoms with E-state index < -0.39 is 40.4 Å². The normalized spacial score (nSPS) is 14.4. The zero-order chi connectivity index (χ0) is 26.3. The highest BCUT2D eigenvalue weighted by atomic mass is 19.2. The molecule has 1 heterocycles. The fourth-order valence-electron chi connectivity index (χ4n) is 5.04. The molecule has 0 radical (unpaired) electrons. The van der Waals surface area contributed by atoms with Gasteiger partial charge in [0.2, 0.25) is 0 Å². The van der Waals surface area contributed by atoms with Crippen LogP contribution in [0.25, 0.3) is 33.3 Å². The lowest BCUT2D eigenvalue weighted by atomic mass is 9.94. The molecule has 5 nitrogen and oxygen atoms in total. The van der Waals surface area contributed by atoms with Crippen LogP contribution in [0.3, 0.4) is 0 Å². The Kier molecular flexibility index (Phi) is 6.72. The number of H-pyrrole nitrogens is 1. The summed E-state index contributed by atoms with van der Waals surface area (Å²) in [5.41, 5.74) is -1.34. The van der Waals surface area contributed by atoms with E-state index in [1.54, 1.807) is 19.1 Å². The molecule has 9 heteroatoms. The third-order valence-corrected chi connectivity index (χ3v) is 6.93. The Morgan fingerprint density at radius 1 is 0.946 bits per heavy atom. The van der Waals surface area contributed by atoms with E-state index in [1.807, 2.05) is 0 Å². The number of aromatic amines is 1. The number of imidazole rings is 1. The Morgan fingerprint density at radius 3 is 2.14 bits per heavy atom. The van der Waals surface area contributed by atoms with Gasteiger partial charge in [-0.2, -0.15) is 0 Å². The van der Waals surface area contributed by atoms with Gasteiger partial charge in [-0.05, 0) is 48.6 Å². The Balaban J connectivity index is 1.51. The molecule has 0 amide bonds. The molecule has 0 spiro atoms. The van der Waals surface area contributed by atoms with Crippen molar-refractivity contribution in [1.82, 2.24) is 15.3 Å². The number of benzene rings is 3. The topological polar surface area (TPSA) is 78.0 Å². The molecule has 5 rings (SSSR count). The number of carbonyl (C=O) groups is 1. The maximum atomic E-state index is 15.3. The Hall–Kier alpha value is -3.72. The molecule has 0 saturated heterocycles. The van der Waals surface area contributed by atoms with Gasteiger partial charge in [-0.25, -0.2) is 27.3 Å². The maximum absolute atomic E-state index is 15.3. The number of carboxylic acids is 1. The first-order valence-electron chi connectivity index (χ1n) is 12.2. The van der Waals surface area contributed by atoms with Gasteiger partial charge in [0.15, 0.2) is 23.3 Å². The number of aryl methyl sites for hydroxylation is 1. The first-order chi connectivity index (χ1) is 17.7. The number of hydrogen-bond donors (Lipinski definition) is 3. The first-order valence-corrected chi connectivity index (χ1v) is 12.2. The molecule has 3 N–H and O–H groups in total. The zero-order valence-corrected chi connectivity index (χ0v) is 20.1. The van der Waals surface area contributed by atoms with Gasteiger partial charge in [0.25, 0.3) is 0 Å². The number of aromatic nitrogens is 2.